The van der Waals surface area contributed by atoms with Gasteiger partial charge in [0.1, 0.15) is 5.70 Å². The number of amides is 1. The topological polar surface area (TPSA) is 32.3 Å². The fraction of sp³-hybridized carbons (Fsp3) is 0.333. The molecule has 0 aromatic rings. The van der Waals surface area contributed by atoms with Crippen molar-refractivity contribution in [2.24, 2.45) is 0 Å². The Labute approximate surface area is 83.1 Å². The average Bonchev–Trinajstić information content (AvgIpc) is 2.32. The van der Waals surface area contributed by atoms with Gasteiger partial charge in [0.25, 0.3) is 5.91 Å². The van der Waals surface area contributed by atoms with E-state index in [2.05, 4.69) is 11.9 Å². The van der Waals surface area contributed by atoms with Gasteiger partial charge in [-0.25, -0.2) is 0 Å². The summed E-state index contributed by atoms with van der Waals surface area (Å²) in [6.45, 7) is 7.78. The lowest BCUT2D eigenvalue weighted by Gasteiger charge is -2.09. The molecular weight excluding hydrogens is 184 g/mol. The molecule has 1 N–H and O–H groups in total. The number of hydrogen-bond acceptors (Lipinski definition) is 2. The molecule has 1 amide bonds. The molecule has 1 aliphatic rings. The van der Waals surface area contributed by atoms with E-state index in [0.29, 0.717) is 17.4 Å². The largest absolute Gasteiger partial charge is 0.328 e. The number of nitrogens with one attached hydrogen (secondary N) is 1. The van der Waals surface area contributed by atoms with E-state index in [1.54, 1.807) is 6.08 Å². The van der Waals surface area contributed by atoms with Crippen molar-refractivity contribution >= 4 is 23.2 Å². The van der Waals surface area contributed by atoms with Gasteiger partial charge >= 0.3 is 0 Å². The highest BCUT2D eigenvalue weighted by molar-refractivity contribution is 7.80. The van der Waals surface area contributed by atoms with Gasteiger partial charge in [-0.15, -0.1) is 6.58 Å². The van der Waals surface area contributed by atoms with Crippen LogP contribution in [-0.2, 0) is 4.79 Å². The smallest absolute Gasteiger partial charge is 0.276 e. The van der Waals surface area contributed by atoms with Gasteiger partial charge in [-0.2, -0.15) is 0 Å². The van der Waals surface area contributed by atoms with Crippen molar-refractivity contribution in [1.82, 2.24) is 10.2 Å². The van der Waals surface area contributed by atoms with Crippen LogP contribution in [0.3, 0.4) is 0 Å². The highest BCUT2D eigenvalue weighted by Gasteiger charge is 2.29. The second-order valence-electron chi connectivity index (χ2n) is 3.01. The second-order valence-corrected chi connectivity index (χ2v) is 3.40. The van der Waals surface area contributed by atoms with Gasteiger partial charge < -0.3 is 5.32 Å². The Kier molecular flexibility index (Phi) is 2.83. The zero-order valence-electron chi connectivity index (χ0n) is 7.76. The summed E-state index contributed by atoms with van der Waals surface area (Å²) in [6.07, 6.45) is 1.65. The van der Waals surface area contributed by atoms with Gasteiger partial charge in [0.15, 0.2) is 5.11 Å². The summed E-state index contributed by atoms with van der Waals surface area (Å²) in [6, 6.07) is 0. The molecule has 13 heavy (non-hydrogen) atoms. The predicted molar refractivity (Wildman–Crippen MR) is 56.0 cm³/mol. The summed E-state index contributed by atoms with van der Waals surface area (Å²) in [5.74, 6) is -0.0649. The number of rotatable bonds is 2. The molecule has 1 rings (SSSR count). The van der Waals surface area contributed by atoms with Crippen LogP contribution in [0.4, 0.5) is 0 Å². The predicted octanol–water partition coefficient (Wildman–Crippen LogP) is 1.18. The maximum atomic E-state index is 11.6. The van der Waals surface area contributed by atoms with Crippen LogP contribution in [0.5, 0.6) is 0 Å². The Morgan fingerprint density at radius 3 is 2.69 bits per heavy atom. The fourth-order valence-electron chi connectivity index (χ4n) is 1.09. The van der Waals surface area contributed by atoms with Crippen LogP contribution < -0.4 is 5.32 Å². The molecule has 1 aliphatic heterocycles. The minimum atomic E-state index is -0.0649. The molecule has 0 saturated carbocycles. The van der Waals surface area contributed by atoms with Gasteiger partial charge in [-0.1, -0.05) is 6.08 Å². The monoisotopic (exact) mass is 196 g/mol. The van der Waals surface area contributed by atoms with Crippen LogP contribution in [0.25, 0.3) is 0 Å². The molecule has 0 aliphatic carbocycles. The lowest BCUT2D eigenvalue weighted by atomic mass is 10.2. The lowest BCUT2D eigenvalue weighted by molar-refractivity contribution is -0.122. The zero-order valence-corrected chi connectivity index (χ0v) is 8.57. The maximum absolute atomic E-state index is 11.6. The van der Waals surface area contributed by atoms with Crippen LogP contribution in [0.15, 0.2) is 23.9 Å². The van der Waals surface area contributed by atoms with Gasteiger partial charge in [0.2, 0.25) is 0 Å². The van der Waals surface area contributed by atoms with Gasteiger partial charge in [-0.05, 0) is 31.6 Å². The molecule has 0 bridgehead atoms. The molecule has 1 saturated heterocycles. The van der Waals surface area contributed by atoms with Crippen molar-refractivity contribution in [2.45, 2.75) is 13.8 Å². The number of hydrogen-bond donors (Lipinski definition) is 1. The van der Waals surface area contributed by atoms with Crippen LogP contribution in [-0.4, -0.2) is 22.5 Å². The van der Waals surface area contributed by atoms with Gasteiger partial charge in [0, 0.05) is 6.54 Å². The molecule has 0 atom stereocenters. The van der Waals surface area contributed by atoms with Crippen molar-refractivity contribution in [2.75, 3.05) is 6.54 Å². The highest BCUT2D eigenvalue weighted by Crippen LogP contribution is 2.12. The molecule has 1 fully saturated rings. The number of allylic oxidation sites excluding steroid dienone is 1. The average molecular weight is 196 g/mol. The quantitative estimate of drug-likeness (QED) is 0.409. The first kappa shape index (κ1) is 9.92. The third-order valence-corrected chi connectivity index (χ3v) is 2.07. The van der Waals surface area contributed by atoms with Crippen LogP contribution in [0, 0.1) is 0 Å². The molecule has 0 spiro atoms. The Balaban J connectivity index is 2.94. The summed E-state index contributed by atoms with van der Waals surface area (Å²) < 4.78 is 0. The third kappa shape index (κ3) is 1.78. The standard InChI is InChI=1S/C9H12N2OS/c1-4-5-11-8(12)7(6(2)3)10-9(11)13/h4H,1,5H2,2-3H3,(H,10,13). The fourth-order valence-corrected chi connectivity index (χ4v) is 1.35. The number of carbonyl (C=O) groups is 1. The molecule has 4 heteroatoms. The zero-order chi connectivity index (χ0) is 10.0. The van der Waals surface area contributed by atoms with Crippen molar-refractivity contribution in [3.05, 3.63) is 23.9 Å². The second kappa shape index (κ2) is 3.70. The van der Waals surface area contributed by atoms with Gasteiger partial charge in [-0.3, -0.25) is 9.69 Å². The Bertz CT molecular complexity index is 303. The summed E-state index contributed by atoms with van der Waals surface area (Å²) in [4.78, 5) is 13.1. The molecule has 0 radical (unpaired) electrons. The molecular formula is C9H12N2OS. The molecule has 1 heterocycles. The van der Waals surface area contributed by atoms with E-state index in [0.717, 1.165) is 5.57 Å². The van der Waals surface area contributed by atoms with E-state index in [9.17, 15) is 4.79 Å². The number of nitrogens with zero attached hydrogens (tertiary/aromatic N) is 1. The Hall–Kier alpha value is -1.16. The van der Waals surface area contributed by atoms with Crippen molar-refractivity contribution < 1.29 is 4.79 Å². The summed E-state index contributed by atoms with van der Waals surface area (Å²) in [7, 11) is 0. The Morgan fingerprint density at radius 1 is 1.69 bits per heavy atom. The third-order valence-electron chi connectivity index (χ3n) is 1.75. The first-order chi connectivity index (χ1) is 6.07. The summed E-state index contributed by atoms with van der Waals surface area (Å²) in [5.41, 5.74) is 1.53. The van der Waals surface area contributed by atoms with Crippen molar-refractivity contribution in [1.29, 1.82) is 0 Å². The molecule has 0 aromatic carbocycles. The van der Waals surface area contributed by atoms with E-state index in [4.69, 9.17) is 12.2 Å². The molecule has 3 nitrogen and oxygen atoms in total. The highest BCUT2D eigenvalue weighted by atomic mass is 32.1. The molecule has 0 aromatic heterocycles. The maximum Gasteiger partial charge on any atom is 0.276 e. The number of carbonyl (C=O) groups excluding carboxylic acids is 1. The Morgan fingerprint density at radius 2 is 2.31 bits per heavy atom. The van der Waals surface area contributed by atoms with Crippen LogP contribution >= 0.6 is 12.2 Å². The first-order valence-electron chi connectivity index (χ1n) is 3.99. The van der Waals surface area contributed by atoms with E-state index in [-0.39, 0.29) is 5.91 Å². The van der Waals surface area contributed by atoms with Crippen molar-refractivity contribution in [3.63, 3.8) is 0 Å². The van der Waals surface area contributed by atoms with E-state index >= 15 is 0 Å². The SMILES string of the molecule is C=CCN1C(=O)C(=C(C)C)NC1=S. The number of thiocarbonyl (C=S) groups is 1. The van der Waals surface area contributed by atoms with Crippen molar-refractivity contribution in [3.8, 4) is 0 Å². The van der Waals surface area contributed by atoms with Crippen LogP contribution in [0.1, 0.15) is 13.8 Å². The molecule has 70 valence electrons. The van der Waals surface area contributed by atoms with E-state index < -0.39 is 0 Å². The van der Waals surface area contributed by atoms with Crippen LogP contribution in [0.2, 0.25) is 0 Å². The summed E-state index contributed by atoms with van der Waals surface area (Å²) in [5, 5.41) is 3.34. The van der Waals surface area contributed by atoms with Gasteiger partial charge in [0.05, 0.1) is 0 Å². The molecule has 0 unspecified atom stereocenters. The van der Waals surface area contributed by atoms with E-state index in [1.807, 2.05) is 13.8 Å². The minimum Gasteiger partial charge on any atom is -0.328 e. The van der Waals surface area contributed by atoms with E-state index in [1.165, 1.54) is 4.90 Å². The lowest BCUT2D eigenvalue weighted by Crippen LogP contribution is -2.30. The first-order valence-corrected chi connectivity index (χ1v) is 4.40. The normalized spacial score (nSPS) is 16.2. The summed E-state index contributed by atoms with van der Waals surface area (Å²) >= 11 is 4.99. The minimum absolute atomic E-state index is 0.0649.